The van der Waals surface area contributed by atoms with Gasteiger partial charge in [0.1, 0.15) is 17.5 Å². The fraction of sp³-hybridized carbons (Fsp3) is 0.200. The molecule has 0 spiro atoms. The first kappa shape index (κ1) is 22.4. The van der Waals surface area contributed by atoms with Gasteiger partial charge < -0.3 is 5.32 Å². The van der Waals surface area contributed by atoms with Crippen molar-refractivity contribution in [3.63, 3.8) is 0 Å². The van der Waals surface area contributed by atoms with Crippen molar-refractivity contribution in [1.82, 2.24) is 5.32 Å². The summed E-state index contributed by atoms with van der Waals surface area (Å²) in [5, 5.41) is 3.02. The second-order valence-electron chi connectivity index (χ2n) is 7.19. The molecule has 0 saturated heterocycles. The minimum atomic E-state index is -1.15. The number of allylic oxidation sites excluding steroid dienone is 5. The highest BCUT2D eigenvalue weighted by atomic mass is 19.1. The smallest absolute Gasteiger partial charge is 0.131 e. The molecule has 29 heavy (non-hydrogen) atoms. The molecule has 2 aromatic carbocycles. The van der Waals surface area contributed by atoms with E-state index in [-0.39, 0.29) is 11.4 Å². The molecule has 2 aromatic rings. The lowest BCUT2D eigenvalue weighted by Crippen LogP contribution is -2.37. The van der Waals surface area contributed by atoms with Crippen LogP contribution in [0.3, 0.4) is 0 Å². The van der Waals surface area contributed by atoms with Gasteiger partial charge in [0, 0.05) is 5.56 Å². The minimum absolute atomic E-state index is 0.0845. The van der Waals surface area contributed by atoms with Crippen LogP contribution >= 0.6 is 0 Å². The van der Waals surface area contributed by atoms with E-state index in [4.69, 9.17) is 0 Å². The molecule has 2 rings (SSSR count). The Bertz CT molecular complexity index is 978. The van der Waals surface area contributed by atoms with Crippen molar-refractivity contribution < 1.29 is 13.2 Å². The Morgan fingerprint density at radius 3 is 2.21 bits per heavy atom. The summed E-state index contributed by atoms with van der Waals surface area (Å²) in [6.45, 7) is 12.9. The zero-order chi connectivity index (χ0) is 21.8. The quantitative estimate of drug-likeness (QED) is 0.523. The van der Waals surface area contributed by atoms with E-state index in [0.29, 0.717) is 22.3 Å². The monoisotopic (exact) mass is 397 g/mol. The Morgan fingerprint density at radius 1 is 1.07 bits per heavy atom. The third kappa shape index (κ3) is 4.96. The van der Waals surface area contributed by atoms with Crippen LogP contribution in [0.4, 0.5) is 13.2 Å². The number of benzene rings is 2. The maximum absolute atomic E-state index is 14.7. The molecule has 1 unspecified atom stereocenters. The van der Waals surface area contributed by atoms with Crippen molar-refractivity contribution >= 4 is 5.57 Å². The summed E-state index contributed by atoms with van der Waals surface area (Å²) in [7, 11) is 1.63. The van der Waals surface area contributed by atoms with Gasteiger partial charge in [0.2, 0.25) is 0 Å². The molecule has 1 nitrogen and oxygen atoms in total. The summed E-state index contributed by atoms with van der Waals surface area (Å²) in [6, 6.07) is 7.04. The molecule has 0 aliphatic carbocycles. The van der Waals surface area contributed by atoms with E-state index in [1.54, 1.807) is 58.2 Å². The lowest BCUT2D eigenvalue weighted by Gasteiger charge is -2.29. The van der Waals surface area contributed by atoms with Crippen molar-refractivity contribution in [1.29, 1.82) is 0 Å². The molecule has 0 aliphatic heterocycles. The standard InChI is InChI=1S/C25H26F3N/c1-7-8-9-19(18(4)21-11-10-20(26)14-17(21)3)15-25(5,29-6)24-22(27)12-16(2)13-23(24)28/h7-15,29H,1,4H2,2-3,5-6H3/b9-8-,19-15+. The molecular formula is C25H26F3N. The topological polar surface area (TPSA) is 12.0 Å². The number of nitrogens with one attached hydrogen (secondary N) is 1. The summed E-state index contributed by atoms with van der Waals surface area (Å²) in [6.07, 6.45) is 6.79. The predicted molar refractivity (Wildman–Crippen MR) is 115 cm³/mol. The van der Waals surface area contributed by atoms with Gasteiger partial charge in [-0.05, 0) is 79.9 Å². The van der Waals surface area contributed by atoms with Gasteiger partial charge in [0.05, 0.1) is 5.54 Å². The van der Waals surface area contributed by atoms with Crippen molar-refractivity contribution in [2.45, 2.75) is 26.3 Å². The first-order valence-electron chi connectivity index (χ1n) is 9.25. The van der Waals surface area contributed by atoms with Gasteiger partial charge in [-0.25, -0.2) is 13.2 Å². The van der Waals surface area contributed by atoms with Crippen LogP contribution in [-0.2, 0) is 5.54 Å². The molecule has 0 bridgehead atoms. The number of aryl methyl sites for hydroxylation is 2. The van der Waals surface area contributed by atoms with Crippen LogP contribution in [0.1, 0.15) is 29.2 Å². The molecule has 4 heteroatoms. The molecule has 152 valence electrons. The molecule has 0 amide bonds. The second kappa shape index (κ2) is 9.10. The van der Waals surface area contributed by atoms with Gasteiger partial charge in [0.25, 0.3) is 0 Å². The highest BCUT2D eigenvalue weighted by Crippen LogP contribution is 2.33. The largest absolute Gasteiger partial charge is 0.307 e. The Hall–Kier alpha value is -2.85. The molecule has 0 fully saturated rings. The Balaban J connectivity index is 2.68. The first-order valence-corrected chi connectivity index (χ1v) is 9.25. The van der Waals surface area contributed by atoms with Crippen molar-refractivity contribution in [3.05, 3.63) is 113 Å². The van der Waals surface area contributed by atoms with Gasteiger partial charge in [-0.3, -0.25) is 0 Å². The van der Waals surface area contributed by atoms with Gasteiger partial charge in [-0.2, -0.15) is 0 Å². The number of rotatable bonds is 7. The summed E-state index contributed by atoms with van der Waals surface area (Å²) in [5.41, 5.74) is 1.97. The van der Waals surface area contributed by atoms with Crippen LogP contribution < -0.4 is 5.32 Å². The molecule has 1 N–H and O–H groups in total. The fourth-order valence-corrected chi connectivity index (χ4v) is 3.31. The molecular weight excluding hydrogens is 371 g/mol. The molecule has 0 saturated carbocycles. The molecule has 0 aromatic heterocycles. The lowest BCUT2D eigenvalue weighted by atomic mass is 9.85. The normalized spacial score (nSPS) is 14.1. The second-order valence-corrected chi connectivity index (χ2v) is 7.19. The Morgan fingerprint density at radius 2 is 1.69 bits per heavy atom. The summed E-state index contributed by atoms with van der Waals surface area (Å²) < 4.78 is 43.0. The maximum Gasteiger partial charge on any atom is 0.131 e. The molecule has 0 heterocycles. The zero-order valence-corrected chi connectivity index (χ0v) is 17.2. The minimum Gasteiger partial charge on any atom is -0.307 e. The van der Waals surface area contributed by atoms with Crippen LogP contribution in [0.15, 0.2) is 73.4 Å². The van der Waals surface area contributed by atoms with Crippen molar-refractivity contribution in [2.75, 3.05) is 7.05 Å². The van der Waals surface area contributed by atoms with E-state index in [9.17, 15) is 13.2 Å². The van der Waals surface area contributed by atoms with Crippen LogP contribution in [0.5, 0.6) is 0 Å². The summed E-state index contributed by atoms with van der Waals surface area (Å²) in [5.74, 6) is -1.60. The lowest BCUT2D eigenvalue weighted by molar-refractivity contribution is 0.435. The third-order valence-electron chi connectivity index (χ3n) is 4.94. The van der Waals surface area contributed by atoms with Crippen LogP contribution in [0.2, 0.25) is 0 Å². The van der Waals surface area contributed by atoms with Gasteiger partial charge in [-0.15, -0.1) is 0 Å². The van der Waals surface area contributed by atoms with E-state index in [1.165, 1.54) is 24.3 Å². The Kier molecular flexibility index (Phi) is 7.04. The van der Waals surface area contributed by atoms with Crippen LogP contribution in [0, 0.1) is 31.3 Å². The average molecular weight is 397 g/mol. The predicted octanol–water partition coefficient (Wildman–Crippen LogP) is 6.54. The number of likely N-dealkylation sites (N-methyl/N-ethyl adjacent to an activating group) is 1. The Labute approximate surface area is 171 Å². The van der Waals surface area contributed by atoms with Crippen LogP contribution in [-0.4, -0.2) is 7.05 Å². The number of halogens is 3. The van der Waals surface area contributed by atoms with Crippen molar-refractivity contribution in [2.24, 2.45) is 0 Å². The molecule has 0 radical (unpaired) electrons. The van der Waals surface area contributed by atoms with E-state index < -0.39 is 17.2 Å². The number of hydrogen-bond acceptors (Lipinski definition) is 1. The molecule has 0 aliphatic rings. The highest BCUT2D eigenvalue weighted by Gasteiger charge is 2.30. The van der Waals surface area contributed by atoms with Crippen molar-refractivity contribution in [3.8, 4) is 0 Å². The van der Waals surface area contributed by atoms with E-state index in [1.807, 2.05) is 0 Å². The van der Waals surface area contributed by atoms with E-state index in [2.05, 4.69) is 18.5 Å². The molecule has 1 atom stereocenters. The first-order chi connectivity index (χ1) is 13.6. The van der Waals surface area contributed by atoms with Gasteiger partial charge >= 0.3 is 0 Å². The van der Waals surface area contributed by atoms with Gasteiger partial charge in [0.15, 0.2) is 0 Å². The zero-order valence-electron chi connectivity index (χ0n) is 17.2. The average Bonchev–Trinajstić information content (AvgIpc) is 2.63. The van der Waals surface area contributed by atoms with Gasteiger partial charge in [-0.1, -0.05) is 43.5 Å². The van der Waals surface area contributed by atoms with E-state index in [0.717, 1.165) is 5.56 Å². The van der Waals surface area contributed by atoms with E-state index >= 15 is 0 Å². The SMILES string of the molecule is C=C/C=C\C(=C/C(C)(NC)c1c(F)cc(C)cc1F)C(=C)c1ccc(F)cc1C. The number of hydrogen-bond donors (Lipinski definition) is 1. The fourth-order valence-electron chi connectivity index (χ4n) is 3.31. The highest BCUT2D eigenvalue weighted by molar-refractivity contribution is 5.82. The summed E-state index contributed by atoms with van der Waals surface area (Å²) >= 11 is 0. The van der Waals surface area contributed by atoms with Crippen LogP contribution in [0.25, 0.3) is 5.57 Å². The maximum atomic E-state index is 14.7. The third-order valence-corrected chi connectivity index (χ3v) is 4.94. The summed E-state index contributed by atoms with van der Waals surface area (Å²) in [4.78, 5) is 0.